The molecule has 0 saturated carbocycles. The Morgan fingerprint density at radius 3 is 2.73 bits per heavy atom. The van der Waals surface area contributed by atoms with Crippen LogP contribution >= 0.6 is 12.2 Å². The molecule has 5 heteroatoms. The SMILES string of the molecule is OCCNC(=S)NCc1ccccc1F. The van der Waals surface area contributed by atoms with Crippen molar-refractivity contribution in [3.63, 3.8) is 0 Å². The van der Waals surface area contributed by atoms with Crippen molar-refractivity contribution in [1.29, 1.82) is 0 Å². The van der Waals surface area contributed by atoms with Crippen LogP contribution in [0, 0.1) is 5.82 Å². The number of halogens is 1. The molecule has 1 aromatic rings. The first kappa shape index (κ1) is 11.9. The van der Waals surface area contributed by atoms with E-state index >= 15 is 0 Å². The minimum atomic E-state index is -0.255. The van der Waals surface area contributed by atoms with E-state index in [4.69, 9.17) is 17.3 Å². The van der Waals surface area contributed by atoms with Gasteiger partial charge in [0.1, 0.15) is 5.82 Å². The van der Waals surface area contributed by atoms with Crippen molar-refractivity contribution in [3.8, 4) is 0 Å². The second-order valence-electron chi connectivity index (χ2n) is 2.92. The first-order chi connectivity index (χ1) is 7.24. The van der Waals surface area contributed by atoms with Crippen LogP contribution in [0.15, 0.2) is 24.3 Å². The maximum absolute atomic E-state index is 13.1. The fraction of sp³-hybridized carbons (Fsp3) is 0.300. The fourth-order valence-electron chi connectivity index (χ4n) is 1.05. The summed E-state index contributed by atoms with van der Waals surface area (Å²) in [5, 5.41) is 14.6. The zero-order chi connectivity index (χ0) is 11.1. The van der Waals surface area contributed by atoms with Crippen LogP contribution in [-0.2, 0) is 6.54 Å². The van der Waals surface area contributed by atoms with E-state index in [0.29, 0.717) is 23.8 Å². The van der Waals surface area contributed by atoms with Crippen LogP contribution in [0.2, 0.25) is 0 Å². The highest BCUT2D eigenvalue weighted by molar-refractivity contribution is 7.80. The molecule has 0 spiro atoms. The van der Waals surface area contributed by atoms with Crippen LogP contribution in [-0.4, -0.2) is 23.4 Å². The summed E-state index contributed by atoms with van der Waals surface area (Å²) >= 11 is 4.91. The molecule has 3 N–H and O–H groups in total. The van der Waals surface area contributed by atoms with E-state index in [0.717, 1.165) is 0 Å². The minimum Gasteiger partial charge on any atom is -0.395 e. The Morgan fingerprint density at radius 1 is 1.33 bits per heavy atom. The van der Waals surface area contributed by atoms with E-state index in [1.807, 2.05) is 0 Å². The minimum absolute atomic E-state index is 0.0154. The topological polar surface area (TPSA) is 44.3 Å². The summed E-state index contributed by atoms with van der Waals surface area (Å²) in [6.45, 7) is 0.745. The molecule has 0 unspecified atom stereocenters. The smallest absolute Gasteiger partial charge is 0.166 e. The Morgan fingerprint density at radius 2 is 2.07 bits per heavy atom. The number of benzene rings is 1. The Balaban J connectivity index is 2.37. The average molecular weight is 228 g/mol. The molecular weight excluding hydrogens is 215 g/mol. The quantitative estimate of drug-likeness (QED) is 0.666. The number of hydrogen-bond donors (Lipinski definition) is 3. The summed E-state index contributed by atoms with van der Waals surface area (Å²) in [4.78, 5) is 0. The van der Waals surface area contributed by atoms with E-state index in [2.05, 4.69) is 10.6 Å². The molecule has 0 aromatic heterocycles. The normalized spacial score (nSPS) is 9.73. The summed E-state index contributed by atoms with van der Waals surface area (Å²) in [5.41, 5.74) is 0.561. The van der Waals surface area contributed by atoms with Gasteiger partial charge in [-0.25, -0.2) is 4.39 Å². The van der Waals surface area contributed by atoms with Gasteiger partial charge in [0.25, 0.3) is 0 Å². The van der Waals surface area contributed by atoms with Crippen LogP contribution in [0.25, 0.3) is 0 Å². The Hall–Kier alpha value is -1.20. The van der Waals surface area contributed by atoms with Gasteiger partial charge in [-0.1, -0.05) is 18.2 Å². The standard InChI is InChI=1S/C10H13FN2OS/c11-9-4-2-1-3-8(9)7-13-10(15)12-5-6-14/h1-4,14H,5-7H2,(H2,12,13,15). The Bertz CT molecular complexity index is 333. The first-order valence-electron chi connectivity index (χ1n) is 4.60. The molecule has 1 aromatic carbocycles. The summed E-state index contributed by atoms with van der Waals surface area (Å²) in [6.07, 6.45) is 0. The lowest BCUT2D eigenvalue weighted by atomic mass is 10.2. The largest absolute Gasteiger partial charge is 0.395 e. The summed E-state index contributed by atoms with van der Waals surface area (Å²) in [5.74, 6) is -0.255. The molecule has 0 atom stereocenters. The van der Waals surface area contributed by atoms with Crippen LogP contribution in [0.5, 0.6) is 0 Å². The van der Waals surface area contributed by atoms with Gasteiger partial charge in [0.15, 0.2) is 5.11 Å². The average Bonchev–Trinajstić information content (AvgIpc) is 2.25. The van der Waals surface area contributed by atoms with Crippen molar-refractivity contribution in [1.82, 2.24) is 10.6 Å². The van der Waals surface area contributed by atoms with Crippen molar-refractivity contribution in [2.45, 2.75) is 6.54 Å². The van der Waals surface area contributed by atoms with Gasteiger partial charge in [-0.2, -0.15) is 0 Å². The molecule has 1 rings (SSSR count). The number of nitrogens with one attached hydrogen (secondary N) is 2. The highest BCUT2D eigenvalue weighted by Crippen LogP contribution is 2.04. The highest BCUT2D eigenvalue weighted by Gasteiger charge is 2.00. The number of thiocarbonyl (C=S) groups is 1. The van der Waals surface area contributed by atoms with Gasteiger partial charge in [0, 0.05) is 18.7 Å². The molecule has 15 heavy (non-hydrogen) atoms. The monoisotopic (exact) mass is 228 g/mol. The van der Waals surface area contributed by atoms with Crippen LogP contribution in [0.3, 0.4) is 0 Å². The van der Waals surface area contributed by atoms with Crippen molar-refractivity contribution in [2.24, 2.45) is 0 Å². The third-order valence-electron chi connectivity index (χ3n) is 1.79. The van der Waals surface area contributed by atoms with Crippen LogP contribution in [0.1, 0.15) is 5.56 Å². The third kappa shape index (κ3) is 4.22. The molecule has 0 aliphatic rings. The molecule has 0 saturated heterocycles. The summed E-state index contributed by atoms with van der Waals surface area (Å²) in [7, 11) is 0. The predicted octanol–water partition coefficient (Wildman–Crippen LogP) is 0.782. The van der Waals surface area contributed by atoms with Crippen LogP contribution < -0.4 is 10.6 Å². The summed E-state index contributed by atoms with van der Waals surface area (Å²) in [6, 6.07) is 6.50. The van der Waals surface area contributed by atoms with Crippen molar-refractivity contribution >= 4 is 17.3 Å². The maximum atomic E-state index is 13.1. The van der Waals surface area contributed by atoms with Gasteiger partial charge in [-0.3, -0.25) is 0 Å². The number of hydrogen-bond acceptors (Lipinski definition) is 2. The molecule has 0 aliphatic carbocycles. The van der Waals surface area contributed by atoms with Crippen molar-refractivity contribution in [2.75, 3.05) is 13.2 Å². The molecule has 0 amide bonds. The van der Waals surface area contributed by atoms with Gasteiger partial charge < -0.3 is 15.7 Å². The van der Waals surface area contributed by atoms with E-state index in [-0.39, 0.29) is 12.4 Å². The zero-order valence-corrected chi connectivity index (χ0v) is 8.98. The molecule has 0 aliphatic heterocycles. The third-order valence-corrected chi connectivity index (χ3v) is 2.08. The predicted molar refractivity (Wildman–Crippen MR) is 60.9 cm³/mol. The molecule has 3 nitrogen and oxygen atoms in total. The van der Waals surface area contributed by atoms with Gasteiger partial charge in [-0.05, 0) is 18.3 Å². The Kier molecular flexibility index (Phi) is 5.00. The van der Waals surface area contributed by atoms with Crippen molar-refractivity contribution < 1.29 is 9.50 Å². The Labute approximate surface area is 93.3 Å². The summed E-state index contributed by atoms with van der Waals surface area (Å²) < 4.78 is 13.1. The molecule has 0 fully saturated rings. The molecule has 0 bridgehead atoms. The second-order valence-corrected chi connectivity index (χ2v) is 3.33. The molecular formula is C10H13FN2OS. The van der Waals surface area contributed by atoms with E-state index in [9.17, 15) is 4.39 Å². The van der Waals surface area contributed by atoms with Crippen molar-refractivity contribution in [3.05, 3.63) is 35.6 Å². The second kappa shape index (κ2) is 6.31. The van der Waals surface area contributed by atoms with Gasteiger partial charge in [0.05, 0.1) is 6.61 Å². The maximum Gasteiger partial charge on any atom is 0.166 e. The number of aliphatic hydroxyl groups is 1. The van der Waals surface area contributed by atoms with E-state index < -0.39 is 0 Å². The van der Waals surface area contributed by atoms with Crippen LogP contribution in [0.4, 0.5) is 4.39 Å². The zero-order valence-electron chi connectivity index (χ0n) is 8.16. The van der Waals surface area contributed by atoms with Gasteiger partial charge in [-0.15, -0.1) is 0 Å². The van der Waals surface area contributed by atoms with Gasteiger partial charge in [0.2, 0.25) is 0 Å². The lowest BCUT2D eigenvalue weighted by molar-refractivity contribution is 0.300. The molecule has 0 heterocycles. The fourth-order valence-corrected chi connectivity index (χ4v) is 1.22. The lowest BCUT2D eigenvalue weighted by Crippen LogP contribution is -2.36. The van der Waals surface area contributed by atoms with E-state index in [1.54, 1.807) is 18.2 Å². The number of rotatable bonds is 4. The molecule has 0 radical (unpaired) electrons. The molecule has 82 valence electrons. The number of aliphatic hydroxyl groups excluding tert-OH is 1. The highest BCUT2D eigenvalue weighted by atomic mass is 32.1. The lowest BCUT2D eigenvalue weighted by Gasteiger charge is -2.09. The van der Waals surface area contributed by atoms with E-state index in [1.165, 1.54) is 6.07 Å². The first-order valence-corrected chi connectivity index (χ1v) is 5.01. The van der Waals surface area contributed by atoms with Gasteiger partial charge >= 0.3 is 0 Å².